The first-order valence-corrected chi connectivity index (χ1v) is 7.08. The molecule has 0 spiro atoms. The van der Waals surface area contributed by atoms with Gasteiger partial charge in [0, 0.05) is 17.6 Å². The third kappa shape index (κ3) is 3.98. The van der Waals surface area contributed by atoms with Crippen LogP contribution in [0.4, 0.5) is 0 Å². The second-order valence-electron chi connectivity index (χ2n) is 3.61. The van der Waals surface area contributed by atoms with Crippen LogP contribution in [0.1, 0.15) is 33.6 Å². The van der Waals surface area contributed by atoms with Gasteiger partial charge in [0.25, 0.3) is 0 Å². The second-order valence-corrected chi connectivity index (χ2v) is 5.47. The third-order valence-electron chi connectivity index (χ3n) is 2.21. The van der Waals surface area contributed by atoms with E-state index in [9.17, 15) is 4.57 Å². The molecule has 1 rings (SSSR count). The zero-order valence-electron chi connectivity index (χ0n) is 9.66. The van der Waals surface area contributed by atoms with E-state index in [1.54, 1.807) is 5.82 Å². The molecule has 0 amide bonds. The maximum Gasteiger partial charge on any atom is 0.355 e. The quantitative estimate of drug-likeness (QED) is 0.742. The molecule has 1 fully saturated rings. The van der Waals surface area contributed by atoms with Gasteiger partial charge in [0.05, 0.1) is 13.2 Å². The van der Waals surface area contributed by atoms with Gasteiger partial charge in [-0.2, -0.15) is 0 Å². The van der Waals surface area contributed by atoms with Crippen LogP contribution in [0, 0.1) is 0 Å². The fourth-order valence-corrected chi connectivity index (χ4v) is 3.13. The second kappa shape index (κ2) is 5.69. The lowest BCUT2D eigenvalue weighted by molar-refractivity contribution is 0.228. The molecule has 4 nitrogen and oxygen atoms in total. The molecule has 1 saturated heterocycles. The van der Waals surface area contributed by atoms with Gasteiger partial charge in [0.2, 0.25) is 0 Å². The number of hydrogen-bond donors (Lipinski definition) is 1. The molecule has 0 aliphatic carbocycles. The predicted octanol–water partition coefficient (Wildman–Crippen LogP) is 2.87. The largest absolute Gasteiger partial charge is 0.386 e. The van der Waals surface area contributed by atoms with Gasteiger partial charge >= 0.3 is 7.60 Å². The number of hydrogen-bond acceptors (Lipinski definition) is 4. The van der Waals surface area contributed by atoms with E-state index < -0.39 is 7.60 Å². The van der Waals surface area contributed by atoms with Crippen LogP contribution < -0.4 is 5.32 Å². The van der Waals surface area contributed by atoms with Gasteiger partial charge in [0.15, 0.2) is 0 Å². The molecule has 15 heavy (non-hydrogen) atoms. The van der Waals surface area contributed by atoms with Crippen molar-refractivity contribution in [2.45, 2.75) is 39.7 Å². The standard InChI is InChI=1S/C10H20NO3P/c1-4-13-15(12,14-5-2)8-10-7-6-9(3)11-10/h8-9,11H,4-7H2,1-3H3/b10-8-. The first-order chi connectivity index (χ1) is 7.09. The average molecular weight is 233 g/mol. The summed E-state index contributed by atoms with van der Waals surface area (Å²) in [6.07, 6.45) is 2.00. The zero-order valence-corrected chi connectivity index (χ0v) is 10.5. The molecule has 1 aliphatic heterocycles. The molecule has 1 atom stereocenters. The van der Waals surface area contributed by atoms with Gasteiger partial charge in [-0.15, -0.1) is 0 Å². The van der Waals surface area contributed by atoms with E-state index in [0.717, 1.165) is 18.5 Å². The molecular weight excluding hydrogens is 213 g/mol. The van der Waals surface area contributed by atoms with Crippen LogP contribution in [-0.2, 0) is 13.6 Å². The number of rotatable bonds is 5. The van der Waals surface area contributed by atoms with E-state index in [0.29, 0.717) is 19.3 Å². The molecule has 0 aromatic heterocycles. The molecular formula is C10H20NO3P. The molecule has 0 aromatic rings. The Morgan fingerprint density at radius 1 is 1.47 bits per heavy atom. The Balaban J connectivity index is 2.69. The zero-order chi connectivity index (χ0) is 11.3. The lowest BCUT2D eigenvalue weighted by Crippen LogP contribution is -2.15. The Kier molecular flexibility index (Phi) is 4.84. The summed E-state index contributed by atoms with van der Waals surface area (Å²) in [5.74, 6) is 1.63. The first-order valence-electron chi connectivity index (χ1n) is 5.46. The fraction of sp³-hybridized carbons (Fsp3) is 0.800. The highest BCUT2D eigenvalue weighted by Gasteiger charge is 2.24. The minimum absolute atomic E-state index is 0.399. The van der Waals surface area contributed by atoms with E-state index in [1.165, 1.54) is 0 Å². The summed E-state index contributed by atoms with van der Waals surface area (Å²) in [6.45, 7) is 6.53. The molecule has 1 heterocycles. The summed E-state index contributed by atoms with van der Waals surface area (Å²) >= 11 is 0. The van der Waals surface area contributed by atoms with Crippen LogP contribution in [0.2, 0.25) is 0 Å². The lowest BCUT2D eigenvalue weighted by Gasteiger charge is -2.14. The van der Waals surface area contributed by atoms with Crippen LogP contribution in [0.25, 0.3) is 0 Å². The molecule has 1 unspecified atom stereocenters. The van der Waals surface area contributed by atoms with E-state index >= 15 is 0 Å². The van der Waals surface area contributed by atoms with Gasteiger partial charge < -0.3 is 14.4 Å². The summed E-state index contributed by atoms with van der Waals surface area (Å²) < 4.78 is 22.5. The van der Waals surface area contributed by atoms with Crippen LogP contribution in [0.15, 0.2) is 11.5 Å². The molecule has 0 aromatic carbocycles. The highest BCUT2D eigenvalue weighted by Crippen LogP contribution is 2.51. The topological polar surface area (TPSA) is 47.6 Å². The summed E-state index contributed by atoms with van der Waals surface area (Å²) in [4.78, 5) is 0. The van der Waals surface area contributed by atoms with Crippen LogP contribution in [0.5, 0.6) is 0 Å². The Hall–Kier alpha value is -0.310. The van der Waals surface area contributed by atoms with E-state index in [2.05, 4.69) is 12.2 Å². The average Bonchev–Trinajstić information content (AvgIpc) is 2.51. The van der Waals surface area contributed by atoms with Crippen LogP contribution >= 0.6 is 7.60 Å². The number of allylic oxidation sites excluding steroid dienone is 1. The van der Waals surface area contributed by atoms with Crippen molar-refractivity contribution in [3.05, 3.63) is 11.5 Å². The maximum atomic E-state index is 12.1. The van der Waals surface area contributed by atoms with E-state index in [4.69, 9.17) is 9.05 Å². The van der Waals surface area contributed by atoms with E-state index in [1.807, 2.05) is 13.8 Å². The monoisotopic (exact) mass is 233 g/mol. The van der Waals surface area contributed by atoms with Gasteiger partial charge in [-0.3, -0.25) is 4.57 Å². The van der Waals surface area contributed by atoms with E-state index in [-0.39, 0.29) is 0 Å². The minimum Gasteiger partial charge on any atom is -0.386 e. The van der Waals surface area contributed by atoms with Crippen molar-refractivity contribution in [2.24, 2.45) is 0 Å². The first kappa shape index (κ1) is 12.8. The maximum absolute atomic E-state index is 12.1. The normalized spacial score (nSPS) is 24.5. The minimum atomic E-state index is -3.02. The van der Waals surface area contributed by atoms with Crippen molar-refractivity contribution in [2.75, 3.05) is 13.2 Å². The van der Waals surface area contributed by atoms with Crippen molar-refractivity contribution >= 4 is 7.60 Å². The molecule has 0 bridgehead atoms. The highest BCUT2D eigenvalue weighted by molar-refractivity contribution is 7.57. The van der Waals surface area contributed by atoms with Gasteiger partial charge in [0.1, 0.15) is 0 Å². The smallest absolute Gasteiger partial charge is 0.355 e. The summed E-state index contributed by atoms with van der Waals surface area (Å²) in [7, 11) is -3.02. The van der Waals surface area contributed by atoms with Crippen LogP contribution in [-0.4, -0.2) is 19.3 Å². The van der Waals surface area contributed by atoms with Crippen molar-refractivity contribution in [3.63, 3.8) is 0 Å². The van der Waals surface area contributed by atoms with Gasteiger partial charge in [-0.05, 0) is 33.6 Å². The lowest BCUT2D eigenvalue weighted by atomic mass is 10.2. The summed E-state index contributed by atoms with van der Waals surface area (Å²) in [5.41, 5.74) is 0.979. The Morgan fingerprint density at radius 2 is 2.07 bits per heavy atom. The Labute approximate surface area is 91.6 Å². The molecule has 5 heteroatoms. The summed E-state index contributed by atoms with van der Waals surface area (Å²) in [6, 6.07) is 0.452. The SMILES string of the molecule is CCOP(=O)(/C=C1/CCC(C)N1)OCC. The van der Waals surface area contributed by atoms with Gasteiger partial charge in [-0.25, -0.2) is 0 Å². The molecule has 0 saturated carbocycles. The van der Waals surface area contributed by atoms with Crippen molar-refractivity contribution < 1.29 is 13.6 Å². The highest BCUT2D eigenvalue weighted by atomic mass is 31.2. The van der Waals surface area contributed by atoms with Crippen molar-refractivity contribution in [1.29, 1.82) is 0 Å². The van der Waals surface area contributed by atoms with Gasteiger partial charge in [-0.1, -0.05) is 0 Å². The fourth-order valence-electron chi connectivity index (χ4n) is 1.60. The molecule has 0 radical (unpaired) electrons. The Bertz CT molecular complexity index is 268. The van der Waals surface area contributed by atoms with Crippen molar-refractivity contribution in [1.82, 2.24) is 5.32 Å². The predicted molar refractivity (Wildman–Crippen MR) is 60.8 cm³/mol. The number of nitrogens with one attached hydrogen (secondary N) is 1. The van der Waals surface area contributed by atoms with Crippen LogP contribution in [0.3, 0.4) is 0 Å². The van der Waals surface area contributed by atoms with Crippen molar-refractivity contribution in [3.8, 4) is 0 Å². The Morgan fingerprint density at radius 3 is 2.47 bits per heavy atom. The molecule has 1 aliphatic rings. The summed E-state index contributed by atoms with van der Waals surface area (Å²) in [5, 5.41) is 3.26. The third-order valence-corrected chi connectivity index (χ3v) is 4.07. The molecule has 88 valence electrons. The molecule has 1 N–H and O–H groups in total.